The van der Waals surface area contributed by atoms with E-state index in [1.807, 2.05) is 13.1 Å². The van der Waals surface area contributed by atoms with Crippen LogP contribution in [-0.4, -0.2) is 24.1 Å². The standard InChI is InChI=1S/C13H21N3O/c1-9(2)10-8-11(14-3)16-12(15-10)13(17-4)6-5-7-13/h8-9H,5-7H2,1-4H3,(H,14,15,16). The van der Waals surface area contributed by atoms with Crippen LogP contribution >= 0.6 is 0 Å². The minimum absolute atomic E-state index is 0.240. The summed E-state index contributed by atoms with van der Waals surface area (Å²) in [7, 11) is 3.64. The zero-order valence-corrected chi connectivity index (χ0v) is 11.1. The predicted molar refractivity (Wildman–Crippen MR) is 68.2 cm³/mol. The zero-order valence-electron chi connectivity index (χ0n) is 11.1. The molecule has 0 saturated heterocycles. The van der Waals surface area contributed by atoms with Gasteiger partial charge >= 0.3 is 0 Å². The summed E-state index contributed by atoms with van der Waals surface area (Å²) in [6, 6.07) is 2.01. The molecule has 0 spiro atoms. The van der Waals surface area contributed by atoms with Crippen LogP contribution in [0.2, 0.25) is 0 Å². The monoisotopic (exact) mass is 235 g/mol. The van der Waals surface area contributed by atoms with E-state index in [2.05, 4.69) is 29.1 Å². The normalized spacial score (nSPS) is 17.9. The van der Waals surface area contributed by atoms with Crippen LogP contribution in [0.1, 0.15) is 50.5 Å². The zero-order chi connectivity index (χ0) is 12.5. The second kappa shape index (κ2) is 4.61. The molecule has 0 atom stereocenters. The lowest BCUT2D eigenvalue weighted by Crippen LogP contribution is -2.38. The lowest BCUT2D eigenvalue weighted by molar-refractivity contribution is -0.0847. The maximum atomic E-state index is 5.64. The predicted octanol–water partition coefficient (Wildman–Crippen LogP) is 2.67. The second-order valence-corrected chi connectivity index (χ2v) is 4.96. The average Bonchev–Trinajstić information content (AvgIpc) is 2.28. The van der Waals surface area contributed by atoms with Gasteiger partial charge in [0.25, 0.3) is 0 Å². The summed E-state index contributed by atoms with van der Waals surface area (Å²) in [5.41, 5.74) is 0.832. The Morgan fingerprint density at radius 3 is 2.47 bits per heavy atom. The number of hydrogen-bond donors (Lipinski definition) is 1. The fourth-order valence-corrected chi connectivity index (χ4v) is 2.11. The Balaban J connectivity index is 2.42. The van der Waals surface area contributed by atoms with Gasteiger partial charge in [-0.1, -0.05) is 13.8 Å². The smallest absolute Gasteiger partial charge is 0.162 e. The van der Waals surface area contributed by atoms with Gasteiger partial charge in [-0.2, -0.15) is 0 Å². The fourth-order valence-electron chi connectivity index (χ4n) is 2.11. The van der Waals surface area contributed by atoms with Crippen LogP contribution in [0.4, 0.5) is 5.82 Å². The van der Waals surface area contributed by atoms with E-state index in [-0.39, 0.29) is 5.60 Å². The van der Waals surface area contributed by atoms with E-state index in [9.17, 15) is 0 Å². The number of anilines is 1. The molecule has 1 aromatic rings. The minimum atomic E-state index is -0.240. The van der Waals surface area contributed by atoms with Crippen LogP contribution in [0, 0.1) is 0 Å². The Morgan fingerprint density at radius 2 is 2.06 bits per heavy atom. The number of nitrogens with zero attached hydrogens (tertiary/aromatic N) is 2. The van der Waals surface area contributed by atoms with Gasteiger partial charge in [0.05, 0.1) is 0 Å². The van der Waals surface area contributed by atoms with Gasteiger partial charge in [0.15, 0.2) is 5.82 Å². The van der Waals surface area contributed by atoms with Crippen molar-refractivity contribution in [2.45, 2.75) is 44.6 Å². The number of rotatable bonds is 4. The van der Waals surface area contributed by atoms with Crippen molar-refractivity contribution in [2.75, 3.05) is 19.5 Å². The highest BCUT2D eigenvalue weighted by molar-refractivity contribution is 5.37. The van der Waals surface area contributed by atoms with E-state index in [0.29, 0.717) is 5.92 Å². The van der Waals surface area contributed by atoms with Crippen LogP contribution < -0.4 is 5.32 Å². The van der Waals surface area contributed by atoms with Gasteiger partial charge in [0.2, 0.25) is 0 Å². The third-order valence-electron chi connectivity index (χ3n) is 3.55. The molecular formula is C13H21N3O. The number of methoxy groups -OCH3 is 1. The highest BCUT2D eigenvalue weighted by atomic mass is 16.5. The first-order valence-electron chi connectivity index (χ1n) is 6.23. The molecule has 1 aliphatic carbocycles. The molecule has 94 valence electrons. The molecule has 0 bridgehead atoms. The molecule has 0 amide bonds. The Labute approximate surface area is 103 Å². The number of ether oxygens (including phenoxy) is 1. The summed E-state index contributed by atoms with van der Waals surface area (Å²) < 4.78 is 5.64. The van der Waals surface area contributed by atoms with Gasteiger partial charge in [-0.05, 0) is 25.2 Å². The molecule has 4 heteroatoms. The van der Waals surface area contributed by atoms with E-state index in [0.717, 1.165) is 30.2 Å². The molecule has 0 aromatic carbocycles. The molecule has 1 fully saturated rings. The van der Waals surface area contributed by atoms with Crippen LogP contribution in [-0.2, 0) is 10.3 Å². The molecule has 0 aliphatic heterocycles. The van der Waals surface area contributed by atoms with Gasteiger partial charge in [-0.25, -0.2) is 9.97 Å². The Bertz CT molecular complexity index is 394. The third kappa shape index (κ3) is 2.14. The Morgan fingerprint density at radius 1 is 1.35 bits per heavy atom. The summed E-state index contributed by atoms with van der Waals surface area (Å²) in [5, 5.41) is 3.10. The average molecular weight is 235 g/mol. The number of hydrogen-bond acceptors (Lipinski definition) is 4. The molecule has 1 aromatic heterocycles. The molecule has 2 rings (SSSR count). The maximum absolute atomic E-state index is 5.64. The van der Waals surface area contributed by atoms with Crippen LogP contribution in [0.5, 0.6) is 0 Å². The molecule has 0 unspecified atom stereocenters. The molecule has 17 heavy (non-hydrogen) atoms. The van der Waals surface area contributed by atoms with E-state index < -0.39 is 0 Å². The highest BCUT2D eigenvalue weighted by Crippen LogP contribution is 2.43. The molecule has 0 radical (unpaired) electrons. The van der Waals surface area contributed by atoms with Crippen molar-refractivity contribution in [3.63, 3.8) is 0 Å². The molecule has 1 aliphatic rings. The summed E-state index contributed by atoms with van der Waals surface area (Å²) in [4.78, 5) is 9.22. The maximum Gasteiger partial charge on any atom is 0.162 e. The first-order chi connectivity index (χ1) is 8.11. The van der Waals surface area contributed by atoms with Crippen molar-refractivity contribution in [1.82, 2.24) is 9.97 Å². The van der Waals surface area contributed by atoms with Gasteiger partial charge in [0.1, 0.15) is 11.4 Å². The van der Waals surface area contributed by atoms with E-state index >= 15 is 0 Å². The molecule has 4 nitrogen and oxygen atoms in total. The van der Waals surface area contributed by atoms with Crippen molar-refractivity contribution in [1.29, 1.82) is 0 Å². The largest absolute Gasteiger partial charge is 0.373 e. The van der Waals surface area contributed by atoms with E-state index in [4.69, 9.17) is 4.74 Å². The van der Waals surface area contributed by atoms with Crippen molar-refractivity contribution < 1.29 is 4.74 Å². The molecule has 1 heterocycles. The van der Waals surface area contributed by atoms with Crippen molar-refractivity contribution >= 4 is 5.82 Å². The second-order valence-electron chi connectivity index (χ2n) is 4.96. The summed E-state index contributed by atoms with van der Waals surface area (Å²) in [6.07, 6.45) is 3.24. The highest BCUT2D eigenvalue weighted by Gasteiger charge is 2.42. The quantitative estimate of drug-likeness (QED) is 0.871. The first-order valence-corrected chi connectivity index (χ1v) is 6.23. The van der Waals surface area contributed by atoms with E-state index in [1.165, 1.54) is 6.42 Å². The van der Waals surface area contributed by atoms with Crippen LogP contribution in [0.15, 0.2) is 6.07 Å². The number of nitrogens with one attached hydrogen (secondary N) is 1. The summed E-state index contributed by atoms with van der Waals surface area (Å²) >= 11 is 0. The van der Waals surface area contributed by atoms with Crippen molar-refractivity contribution in [2.24, 2.45) is 0 Å². The van der Waals surface area contributed by atoms with Gasteiger partial charge in [-0.3, -0.25) is 0 Å². The lowest BCUT2D eigenvalue weighted by atomic mass is 9.79. The summed E-state index contributed by atoms with van der Waals surface area (Å²) in [6.45, 7) is 4.29. The topological polar surface area (TPSA) is 47.0 Å². The Kier molecular flexibility index (Phi) is 3.33. The van der Waals surface area contributed by atoms with Gasteiger partial charge in [0, 0.05) is 25.9 Å². The summed E-state index contributed by atoms with van der Waals surface area (Å²) in [5.74, 6) is 2.11. The van der Waals surface area contributed by atoms with Crippen molar-refractivity contribution in [3.05, 3.63) is 17.6 Å². The van der Waals surface area contributed by atoms with Gasteiger partial charge < -0.3 is 10.1 Å². The third-order valence-corrected chi connectivity index (χ3v) is 3.55. The lowest BCUT2D eigenvalue weighted by Gasteiger charge is -2.39. The fraction of sp³-hybridized carbons (Fsp3) is 0.692. The molecule has 1 saturated carbocycles. The SMILES string of the molecule is CNc1cc(C(C)C)nc(C2(OC)CCC2)n1. The molecular weight excluding hydrogens is 214 g/mol. The first kappa shape index (κ1) is 12.3. The van der Waals surface area contributed by atoms with Crippen molar-refractivity contribution in [3.8, 4) is 0 Å². The number of aromatic nitrogens is 2. The van der Waals surface area contributed by atoms with E-state index in [1.54, 1.807) is 7.11 Å². The van der Waals surface area contributed by atoms with Gasteiger partial charge in [-0.15, -0.1) is 0 Å². The molecule has 1 N–H and O–H groups in total. The van der Waals surface area contributed by atoms with Crippen LogP contribution in [0.3, 0.4) is 0 Å². The Hall–Kier alpha value is -1.16. The minimum Gasteiger partial charge on any atom is -0.373 e. The van der Waals surface area contributed by atoms with Crippen LogP contribution in [0.25, 0.3) is 0 Å².